The number of nitrogens with two attached hydrogens (primary N) is 1. The molecule has 1 fully saturated rings. The van der Waals surface area contributed by atoms with Gasteiger partial charge in [-0.2, -0.15) is 0 Å². The zero-order chi connectivity index (χ0) is 25.4. The Morgan fingerprint density at radius 1 is 1.17 bits per heavy atom. The number of hydrogen-bond donors (Lipinski definition) is 3. The molecule has 6 heteroatoms. The first-order chi connectivity index (χ1) is 17.3. The van der Waals surface area contributed by atoms with E-state index in [0.29, 0.717) is 5.69 Å². The number of para-hydroxylation sites is 1. The van der Waals surface area contributed by atoms with E-state index in [0.717, 1.165) is 60.6 Å². The molecule has 3 aromatic rings. The predicted octanol–water partition coefficient (Wildman–Crippen LogP) is 5.46. The van der Waals surface area contributed by atoms with Gasteiger partial charge in [-0.3, -0.25) is 9.69 Å². The number of carboxylic acid groups (broad SMARTS) is 1. The van der Waals surface area contributed by atoms with Crippen LogP contribution >= 0.6 is 0 Å². The number of aliphatic carboxylic acids is 1. The van der Waals surface area contributed by atoms with Gasteiger partial charge in [0.25, 0.3) is 0 Å². The van der Waals surface area contributed by atoms with Gasteiger partial charge in [0.15, 0.2) is 0 Å². The van der Waals surface area contributed by atoms with Gasteiger partial charge in [-0.25, -0.2) is 0 Å². The lowest BCUT2D eigenvalue weighted by Gasteiger charge is -2.26. The fraction of sp³-hybridized carbons (Fsp3) is 0.367. The summed E-state index contributed by atoms with van der Waals surface area (Å²) < 4.78 is 6.44. The van der Waals surface area contributed by atoms with Crippen LogP contribution in [0.25, 0.3) is 0 Å². The minimum absolute atomic E-state index is 0.00964. The maximum atomic E-state index is 11.9. The van der Waals surface area contributed by atoms with Crippen molar-refractivity contribution in [2.75, 3.05) is 24.6 Å². The molecular formula is C30H35N3O3. The summed E-state index contributed by atoms with van der Waals surface area (Å²) in [6.45, 7) is 6.62. The number of hydrogen-bond acceptors (Lipinski definition) is 5. The molecule has 2 aliphatic rings. The number of carboxylic acids is 1. The highest BCUT2D eigenvalue weighted by Crippen LogP contribution is 2.45. The van der Waals surface area contributed by atoms with Gasteiger partial charge in [-0.15, -0.1) is 0 Å². The van der Waals surface area contributed by atoms with Gasteiger partial charge < -0.3 is 20.9 Å². The average molecular weight is 486 g/mol. The first-order valence-electron chi connectivity index (χ1n) is 12.7. The maximum absolute atomic E-state index is 11.9. The van der Waals surface area contributed by atoms with E-state index in [1.54, 1.807) is 0 Å². The standard InChI is InChI=1S/C30H35N3O3/c1-19-8-9-21(25(15-28(34)35)24-10-11-26(32-3)29(31)20(24)2)14-23(19)17-33-16-22-6-4-5-7-27(22)36-30(18-33)12-13-30/h4-11,14,25,32H,12-13,15-18,31H2,1-3H3,(H,34,35). The quantitative estimate of drug-likeness (QED) is 0.385. The van der Waals surface area contributed by atoms with Crippen LogP contribution in [0.2, 0.25) is 0 Å². The lowest BCUT2D eigenvalue weighted by molar-refractivity contribution is -0.137. The van der Waals surface area contributed by atoms with Crippen LogP contribution in [0, 0.1) is 13.8 Å². The van der Waals surface area contributed by atoms with Crippen LogP contribution in [0.1, 0.15) is 58.6 Å². The zero-order valence-corrected chi connectivity index (χ0v) is 21.3. The second-order valence-electron chi connectivity index (χ2n) is 10.4. The van der Waals surface area contributed by atoms with Crippen molar-refractivity contribution in [2.45, 2.75) is 57.7 Å². The zero-order valence-electron chi connectivity index (χ0n) is 21.3. The van der Waals surface area contributed by atoms with Crippen LogP contribution in [-0.2, 0) is 17.9 Å². The SMILES string of the molecule is CNc1ccc(C(CC(=O)O)c2ccc(C)c(CN3Cc4ccccc4OC4(CC4)C3)c2)c(C)c1N. The van der Waals surface area contributed by atoms with Crippen LogP contribution in [-0.4, -0.2) is 35.2 Å². The van der Waals surface area contributed by atoms with Crippen molar-refractivity contribution in [2.24, 2.45) is 0 Å². The minimum atomic E-state index is -0.824. The summed E-state index contributed by atoms with van der Waals surface area (Å²) >= 11 is 0. The molecule has 0 aromatic heterocycles. The van der Waals surface area contributed by atoms with Crippen molar-refractivity contribution >= 4 is 17.3 Å². The Bertz CT molecular complexity index is 1300. The monoisotopic (exact) mass is 485 g/mol. The average Bonchev–Trinajstić information content (AvgIpc) is 3.63. The number of nitrogen functional groups attached to an aromatic ring is 1. The van der Waals surface area contributed by atoms with Crippen LogP contribution in [0.5, 0.6) is 5.75 Å². The number of nitrogens with zero attached hydrogens (tertiary/aromatic N) is 1. The van der Waals surface area contributed by atoms with E-state index >= 15 is 0 Å². The minimum Gasteiger partial charge on any atom is -0.486 e. The molecular weight excluding hydrogens is 450 g/mol. The largest absolute Gasteiger partial charge is 0.486 e. The fourth-order valence-corrected chi connectivity index (χ4v) is 5.46. The summed E-state index contributed by atoms with van der Waals surface area (Å²) in [5.41, 5.74) is 14.3. The topological polar surface area (TPSA) is 87.8 Å². The van der Waals surface area contributed by atoms with Gasteiger partial charge in [0.1, 0.15) is 11.4 Å². The van der Waals surface area contributed by atoms with Gasteiger partial charge in [-0.05, 0) is 66.6 Å². The van der Waals surface area contributed by atoms with Crippen LogP contribution in [0.4, 0.5) is 11.4 Å². The molecule has 1 saturated carbocycles. The highest BCUT2D eigenvalue weighted by Gasteiger charge is 2.48. The summed E-state index contributed by atoms with van der Waals surface area (Å²) in [6, 6.07) is 18.7. The van der Waals surface area contributed by atoms with Crippen molar-refractivity contribution in [1.82, 2.24) is 4.90 Å². The Morgan fingerprint density at radius 2 is 1.94 bits per heavy atom. The summed E-state index contributed by atoms with van der Waals surface area (Å²) in [6.07, 6.45) is 2.18. The number of rotatable bonds is 7. The fourth-order valence-electron chi connectivity index (χ4n) is 5.46. The lowest BCUT2D eigenvalue weighted by atomic mass is 9.84. The molecule has 36 heavy (non-hydrogen) atoms. The Labute approximate surface area is 213 Å². The molecule has 5 rings (SSSR count). The van der Waals surface area contributed by atoms with Crippen LogP contribution < -0.4 is 15.8 Å². The number of ether oxygens (including phenoxy) is 1. The molecule has 1 spiro atoms. The van der Waals surface area contributed by atoms with Crippen molar-refractivity contribution in [3.8, 4) is 5.75 Å². The van der Waals surface area contributed by atoms with Gasteiger partial charge in [0.05, 0.1) is 17.8 Å². The third-order valence-corrected chi connectivity index (χ3v) is 7.76. The second-order valence-corrected chi connectivity index (χ2v) is 10.4. The van der Waals surface area contributed by atoms with E-state index in [1.165, 1.54) is 16.7 Å². The Kier molecular flexibility index (Phi) is 6.39. The number of nitrogens with one attached hydrogen (secondary N) is 1. The van der Waals surface area contributed by atoms with Crippen LogP contribution in [0.15, 0.2) is 54.6 Å². The molecule has 1 heterocycles. The Hall–Kier alpha value is -3.51. The van der Waals surface area contributed by atoms with Gasteiger partial charge in [0.2, 0.25) is 0 Å². The van der Waals surface area contributed by atoms with Crippen molar-refractivity contribution in [3.63, 3.8) is 0 Å². The number of carbonyl (C=O) groups is 1. The molecule has 188 valence electrons. The van der Waals surface area contributed by atoms with E-state index in [9.17, 15) is 9.90 Å². The predicted molar refractivity (Wildman–Crippen MR) is 144 cm³/mol. The first kappa shape index (κ1) is 24.2. The molecule has 4 N–H and O–H groups in total. The van der Waals surface area contributed by atoms with Crippen molar-refractivity contribution in [1.29, 1.82) is 0 Å². The molecule has 0 radical (unpaired) electrons. The van der Waals surface area contributed by atoms with E-state index in [1.807, 2.05) is 32.2 Å². The Morgan fingerprint density at radius 3 is 2.67 bits per heavy atom. The third-order valence-electron chi connectivity index (χ3n) is 7.76. The van der Waals surface area contributed by atoms with E-state index in [2.05, 4.69) is 53.5 Å². The first-order valence-corrected chi connectivity index (χ1v) is 12.7. The summed E-state index contributed by atoms with van der Waals surface area (Å²) in [5.74, 6) is -0.102. The summed E-state index contributed by atoms with van der Waals surface area (Å²) in [4.78, 5) is 14.4. The molecule has 0 amide bonds. The molecule has 1 unspecified atom stereocenters. The van der Waals surface area contributed by atoms with Crippen molar-refractivity contribution in [3.05, 3.63) is 88.0 Å². The second kappa shape index (κ2) is 9.51. The lowest BCUT2D eigenvalue weighted by Crippen LogP contribution is -2.34. The van der Waals surface area contributed by atoms with Gasteiger partial charge >= 0.3 is 5.97 Å². The van der Waals surface area contributed by atoms with E-state index in [-0.39, 0.29) is 17.9 Å². The Balaban J connectivity index is 1.48. The molecule has 1 atom stereocenters. The van der Waals surface area contributed by atoms with E-state index < -0.39 is 5.97 Å². The van der Waals surface area contributed by atoms with Crippen molar-refractivity contribution < 1.29 is 14.6 Å². The van der Waals surface area contributed by atoms with Gasteiger partial charge in [-0.1, -0.05) is 42.5 Å². The third kappa shape index (κ3) is 4.78. The van der Waals surface area contributed by atoms with Crippen LogP contribution in [0.3, 0.4) is 0 Å². The molecule has 0 saturated heterocycles. The summed E-state index contributed by atoms with van der Waals surface area (Å²) in [5, 5.41) is 12.9. The molecule has 0 bridgehead atoms. The normalized spacial score (nSPS) is 17.1. The number of anilines is 2. The highest BCUT2D eigenvalue weighted by atomic mass is 16.5. The molecule has 6 nitrogen and oxygen atoms in total. The molecule has 1 aliphatic carbocycles. The number of aryl methyl sites for hydroxylation is 1. The number of benzene rings is 3. The molecule has 3 aromatic carbocycles. The van der Waals surface area contributed by atoms with Gasteiger partial charge in [0, 0.05) is 38.2 Å². The number of fused-ring (bicyclic) bond motifs is 1. The highest BCUT2D eigenvalue weighted by molar-refractivity contribution is 5.74. The molecule has 1 aliphatic heterocycles. The maximum Gasteiger partial charge on any atom is 0.304 e. The smallest absolute Gasteiger partial charge is 0.304 e. The summed E-state index contributed by atoms with van der Waals surface area (Å²) in [7, 11) is 1.84. The van der Waals surface area contributed by atoms with E-state index in [4.69, 9.17) is 10.5 Å².